The first-order valence-electron chi connectivity index (χ1n) is 9.56. The maximum absolute atomic E-state index is 12.0. The molecule has 0 aliphatic carbocycles. The fourth-order valence-electron chi connectivity index (χ4n) is 3.54. The molecule has 1 aromatic heterocycles. The first-order chi connectivity index (χ1) is 12.2. The summed E-state index contributed by atoms with van der Waals surface area (Å²) < 4.78 is 0. The van der Waals surface area contributed by atoms with Crippen LogP contribution < -0.4 is 15.5 Å². The van der Waals surface area contributed by atoms with Crippen molar-refractivity contribution in [3.63, 3.8) is 0 Å². The van der Waals surface area contributed by atoms with Gasteiger partial charge in [-0.05, 0) is 56.9 Å². The number of hydrogen-bond donors (Lipinski definition) is 2. The van der Waals surface area contributed by atoms with Gasteiger partial charge in [0.2, 0.25) is 5.91 Å². The molecule has 138 valence electrons. The smallest absolute Gasteiger partial charge is 0.220 e. The molecule has 6 nitrogen and oxygen atoms in total. The number of nitrogens with zero attached hydrogens (tertiary/aromatic N) is 3. The van der Waals surface area contributed by atoms with Gasteiger partial charge in [0.05, 0.1) is 0 Å². The maximum atomic E-state index is 12.0. The quantitative estimate of drug-likeness (QED) is 0.812. The number of piperidine rings is 1. The molecule has 0 aromatic carbocycles. The van der Waals surface area contributed by atoms with E-state index in [2.05, 4.69) is 44.6 Å². The molecule has 2 fully saturated rings. The number of likely N-dealkylation sites (N-methyl/N-ethyl adjacent to an activating group) is 1. The van der Waals surface area contributed by atoms with Gasteiger partial charge in [0, 0.05) is 45.3 Å². The Bertz CT molecular complexity index is 533. The molecule has 3 rings (SSSR count). The van der Waals surface area contributed by atoms with Crippen LogP contribution in [0.5, 0.6) is 0 Å². The number of amides is 1. The number of nitrogens with one attached hydrogen (secondary N) is 2. The highest BCUT2D eigenvalue weighted by Gasteiger charge is 2.16. The van der Waals surface area contributed by atoms with Crippen LogP contribution in [-0.2, 0) is 11.3 Å². The number of hydrogen-bond acceptors (Lipinski definition) is 5. The minimum absolute atomic E-state index is 0.154. The normalized spacial score (nSPS) is 19.8. The average molecular weight is 345 g/mol. The minimum Gasteiger partial charge on any atom is -0.354 e. The molecule has 2 saturated heterocycles. The van der Waals surface area contributed by atoms with Crippen LogP contribution in [0, 0.1) is 5.92 Å². The standard InChI is InChI=1S/C19H31N5O/c1-23-10-12-24(13-11-23)18-4-2-17(14-21-18)15-22-19(25)5-3-16-6-8-20-9-7-16/h2,4,14,16,20H,3,5-13,15H2,1H3,(H,22,25). The lowest BCUT2D eigenvalue weighted by Gasteiger charge is -2.33. The summed E-state index contributed by atoms with van der Waals surface area (Å²) in [6.45, 7) is 6.97. The van der Waals surface area contributed by atoms with Crippen molar-refractivity contribution in [2.45, 2.75) is 32.2 Å². The highest BCUT2D eigenvalue weighted by molar-refractivity contribution is 5.75. The van der Waals surface area contributed by atoms with E-state index in [0.717, 1.165) is 57.1 Å². The van der Waals surface area contributed by atoms with Crippen molar-refractivity contribution in [2.24, 2.45) is 5.92 Å². The van der Waals surface area contributed by atoms with Crippen molar-refractivity contribution >= 4 is 11.7 Å². The van der Waals surface area contributed by atoms with E-state index in [1.54, 1.807) is 0 Å². The third kappa shape index (κ3) is 5.68. The lowest BCUT2D eigenvalue weighted by atomic mass is 9.93. The lowest BCUT2D eigenvalue weighted by molar-refractivity contribution is -0.121. The van der Waals surface area contributed by atoms with Gasteiger partial charge in [-0.3, -0.25) is 4.79 Å². The van der Waals surface area contributed by atoms with Crippen molar-refractivity contribution in [1.82, 2.24) is 20.5 Å². The number of carbonyl (C=O) groups is 1. The summed E-state index contributed by atoms with van der Waals surface area (Å²) in [4.78, 5) is 21.3. The van der Waals surface area contributed by atoms with Gasteiger partial charge in [-0.1, -0.05) is 6.07 Å². The molecule has 3 heterocycles. The Balaban J connectivity index is 1.38. The molecule has 0 unspecified atom stereocenters. The second kappa shape index (κ2) is 9.15. The van der Waals surface area contributed by atoms with E-state index in [1.165, 1.54) is 12.8 Å². The number of carbonyl (C=O) groups excluding carboxylic acids is 1. The number of anilines is 1. The van der Waals surface area contributed by atoms with Crippen LogP contribution in [0.4, 0.5) is 5.82 Å². The largest absolute Gasteiger partial charge is 0.354 e. The predicted octanol–water partition coefficient (Wildman–Crippen LogP) is 1.23. The molecule has 1 aromatic rings. The predicted molar refractivity (Wildman–Crippen MR) is 101 cm³/mol. The van der Waals surface area contributed by atoms with Gasteiger partial charge in [0.1, 0.15) is 5.82 Å². The van der Waals surface area contributed by atoms with Crippen LogP contribution in [0.2, 0.25) is 0 Å². The maximum Gasteiger partial charge on any atom is 0.220 e. The first-order valence-corrected chi connectivity index (χ1v) is 9.56. The van der Waals surface area contributed by atoms with E-state index in [1.807, 2.05) is 6.20 Å². The van der Waals surface area contributed by atoms with Crippen LogP contribution in [0.1, 0.15) is 31.2 Å². The lowest BCUT2D eigenvalue weighted by Crippen LogP contribution is -2.44. The Morgan fingerprint density at radius 3 is 2.68 bits per heavy atom. The topological polar surface area (TPSA) is 60.5 Å². The molecule has 2 aliphatic heterocycles. The summed E-state index contributed by atoms with van der Waals surface area (Å²) in [6.07, 6.45) is 5.93. The fourth-order valence-corrected chi connectivity index (χ4v) is 3.54. The Kier molecular flexibility index (Phi) is 6.64. The van der Waals surface area contributed by atoms with Crippen LogP contribution in [0.3, 0.4) is 0 Å². The van der Waals surface area contributed by atoms with Crippen molar-refractivity contribution < 1.29 is 4.79 Å². The second-order valence-corrected chi connectivity index (χ2v) is 7.32. The summed E-state index contributed by atoms with van der Waals surface area (Å²) in [7, 11) is 2.15. The third-order valence-electron chi connectivity index (χ3n) is 5.36. The summed E-state index contributed by atoms with van der Waals surface area (Å²) in [5.74, 6) is 1.90. The van der Waals surface area contributed by atoms with E-state index in [4.69, 9.17) is 0 Å². The van der Waals surface area contributed by atoms with Crippen LogP contribution in [0.15, 0.2) is 18.3 Å². The van der Waals surface area contributed by atoms with Crippen molar-refractivity contribution in [3.05, 3.63) is 23.9 Å². The Morgan fingerprint density at radius 1 is 1.24 bits per heavy atom. The highest BCUT2D eigenvalue weighted by Crippen LogP contribution is 2.17. The molecule has 6 heteroatoms. The minimum atomic E-state index is 0.154. The van der Waals surface area contributed by atoms with Gasteiger partial charge in [-0.15, -0.1) is 0 Å². The molecule has 2 aliphatic rings. The Morgan fingerprint density at radius 2 is 2.00 bits per heavy atom. The molecule has 0 spiro atoms. The third-order valence-corrected chi connectivity index (χ3v) is 5.36. The molecular formula is C19H31N5O. The zero-order chi connectivity index (χ0) is 17.5. The Hall–Kier alpha value is -1.66. The van der Waals surface area contributed by atoms with Crippen LogP contribution in [0.25, 0.3) is 0 Å². The summed E-state index contributed by atoms with van der Waals surface area (Å²) in [5.41, 5.74) is 1.06. The molecule has 0 bridgehead atoms. The molecule has 0 atom stereocenters. The van der Waals surface area contributed by atoms with E-state index in [-0.39, 0.29) is 5.91 Å². The van der Waals surface area contributed by atoms with Crippen molar-refractivity contribution in [3.8, 4) is 0 Å². The summed E-state index contributed by atoms with van der Waals surface area (Å²) in [5, 5.41) is 6.39. The van der Waals surface area contributed by atoms with Crippen molar-refractivity contribution in [1.29, 1.82) is 0 Å². The monoisotopic (exact) mass is 345 g/mol. The molecule has 0 saturated carbocycles. The summed E-state index contributed by atoms with van der Waals surface area (Å²) >= 11 is 0. The van der Waals surface area contributed by atoms with Gasteiger partial charge in [-0.2, -0.15) is 0 Å². The van der Waals surface area contributed by atoms with Gasteiger partial charge in [0.25, 0.3) is 0 Å². The highest BCUT2D eigenvalue weighted by atomic mass is 16.1. The average Bonchev–Trinajstić information content (AvgIpc) is 2.67. The fraction of sp³-hybridized carbons (Fsp3) is 0.684. The second-order valence-electron chi connectivity index (χ2n) is 7.32. The van der Waals surface area contributed by atoms with Gasteiger partial charge in [-0.25, -0.2) is 4.98 Å². The number of pyridine rings is 1. The van der Waals surface area contributed by atoms with Gasteiger partial charge < -0.3 is 20.4 Å². The number of aromatic nitrogens is 1. The molecule has 1 amide bonds. The van der Waals surface area contributed by atoms with Gasteiger partial charge >= 0.3 is 0 Å². The number of piperazine rings is 1. The zero-order valence-electron chi connectivity index (χ0n) is 15.3. The number of rotatable bonds is 6. The molecule has 2 N–H and O–H groups in total. The van der Waals surface area contributed by atoms with Crippen LogP contribution in [-0.4, -0.2) is 62.1 Å². The van der Waals surface area contributed by atoms with Crippen LogP contribution >= 0.6 is 0 Å². The summed E-state index contributed by atoms with van der Waals surface area (Å²) in [6, 6.07) is 4.15. The van der Waals surface area contributed by atoms with E-state index < -0.39 is 0 Å². The molecular weight excluding hydrogens is 314 g/mol. The zero-order valence-corrected chi connectivity index (χ0v) is 15.3. The Labute approximate surface area is 151 Å². The SMILES string of the molecule is CN1CCN(c2ccc(CNC(=O)CCC3CCNCC3)cn2)CC1. The molecule has 0 radical (unpaired) electrons. The van der Waals surface area contributed by atoms with Crippen molar-refractivity contribution in [2.75, 3.05) is 51.2 Å². The first kappa shape index (κ1) is 18.1. The van der Waals surface area contributed by atoms with E-state index in [9.17, 15) is 4.79 Å². The van der Waals surface area contributed by atoms with E-state index in [0.29, 0.717) is 18.9 Å². The van der Waals surface area contributed by atoms with Gasteiger partial charge in [0.15, 0.2) is 0 Å². The molecule has 25 heavy (non-hydrogen) atoms. The van der Waals surface area contributed by atoms with E-state index >= 15 is 0 Å².